The number of ether oxygens (including phenoxy) is 3. The maximum atomic E-state index is 11.8. The fraction of sp³-hybridized carbons (Fsp3) is 0.176. The molecule has 0 bridgehead atoms. The van der Waals surface area contributed by atoms with E-state index in [9.17, 15) is 9.59 Å². The van der Waals surface area contributed by atoms with E-state index in [-0.39, 0.29) is 19.8 Å². The fourth-order valence-corrected chi connectivity index (χ4v) is 2.40. The minimum atomic E-state index is -0.460. The molecule has 0 spiro atoms. The molecule has 1 aliphatic heterocycles. The van der Waals surface area contributed by atoms with E-state index in [2.05, 4.69) is 21.2 Å². The number of fused-ring (bicyclic) bond motifs is 1. The van der Waals surface area contributed by atoms with E-state index >= 15 is 0 Å². The summed E-state index contributed by atoms with van der Waals surface area (Å²) in [4.78, 5) is 23.6. The molecular formula is C17H14BrNO5. The van der Waals surface area contributed by atoms with E-state index in [0.717, 1.165) is 10.0 Å². The molecule has 0 atom stereocenters. The van der Waals surface area contributed by atoms with E-state index < -0.39 is 11.9 Å². The van der Waals surface area contributed by atoms with Crippen molar-refractivity contribution in [1.29, 1.82) is 0 Å². The predicted octanol–water partition coefficient (Wildman–Crippen LogP) is 2.90. The highest BCUT2D eigenvalue weighted by atomic mass is 79.9. The van der Waals surface area contributed by atoms with Crippen molar-refractivity contribution < 1.29 is 23.8 Å². The van der Waals surface area contributed by atoms with Gasteiger partial charge in [-0.15, -0.1) is 0 Å². The van der Waals surface area contributed by atoms with Gasteiger partial charge in [-0.3, -0.25) is 9.59 Å². The third-order valence-electron chi connectivity index (χ3n) is 3.28. The zero-order chi connectivity index (χ0) is 16.9. The van der Waals surface area contributed by atoms with Crippen molar-refractivity contribution in [2.24, 2.45) is 0 Å². The Morgan fingerprint density at radius 3 is 2.62 bits per heavy atom. The van der Waals surface area contributed by atoms with Crippen LogP contribution in [0.1, 0.15) is 5.56 Å². The SMILES string of the molecule is O=C(COC(=O)Cc1ccc(Br)cc1)Nc1ccc2c(c1)OCO2. The lowest BCUT2D eigenvalue weighted by molar-refractivity contribution is -0.146. The first-order chi connectivity index (χ1) is 11.6. The number of amides is 1. The molecule has 124 valence electrons. The van der Waals surface area contributed by atoms with Crippen LogP contribution in [0.15, 0.2) is 46.9 Å². The summed E-state index contributed by atoms with van der Waals surface area (Å²) in [5.74, 6) is 0.324. The van der Waals surface area contributed by atoms with Gasteiger partial charge in [0.2, 0.25) is 6.79 Å². The fourth-order valence-electron chi connectivity index (χ4n) is 2.14. The number of hydrogen-bond donors (Lipinski definition) is 1. The Morgan fingerprint density at radius 1 is 1.08 bits per heavy atom. The number of hydrogen-bond acceptors (Lipinski definition) is 5. The van der Waals surface area contributed by atoms with E-state index in [1.807, 2.05) is 24.3 Å². The Kier molecular flexibility index (Phi) is 5.00. The second-order valence-corrected chi connectivity index (χ2v) is 6.00. The van der Waals surface area contributed by atoms with Crippen molar-refractivity contribution in [1.82, 2.24) is 0 Å². The second kappa shape index (κ2) is 7.35. The van der Waals surface area contributed by atoms with Crippen LogP contribution >= 0.6 is 15.9 Å². The number of anilines is 1. The molecule has 1 N–H and O–H groups in total. The zero-order valence-electron chi connectivity index (χ0n) is 12.6. The molecule has 2 aromatic carbocycles. The summed E-state index contributed by atoms with van der Waals surface area (Å²) >= 11 is 3.33. The van der Waals surface area contributed by atoms with Crippen molar-refractivity contribution in [3.8, 4) is 11.5 Å². The van der Waals surface area contributed by atoms with Gasteiger partial charge in [0, 0.05) is 16.2 Å². The van der Waals surface area contributed by atoms with Crippen LogP contribution in [0, 0.1) is 0 Å². The van der Waals surface area contributed by atoms with Gasteiger partial charge in [-0.2, -0.15) is 0 Å². The van der Waals surface area contributed by atoms with Gasteiger partial charge in [0.1, 0.15) is 0 Å². The molecule has 3 rings (SSSR count). The molecule has 0 saturated carbocycles. The van der Waals surface area contributed by atoms with E-state index in [0.29, 0.717) is 17.2 Å². The minimum Gasteiger partial charge on any atom is -0.455 e. The van der Waals surface area contributed by atoms with Crippen molar-refractivity contribution in [2.45, 2.75) is 6.42 Å². The number of carbonyl (C=O) groups excluding carboxylic acids is 2. The van der Waals surface area contributed by atoms with Gasteiger partial charge >= 0.3 is 5.97 Å². The average molecular weight is 392 g/mol. The molecule has 24 heavy (non-hydrogen) atoms. The van der Waals surface area contributed by atoms with Crippen LogP contribution in [0.3, 0.4) is 0 Å². The van der Waals surface area contributed by atoms with Crippen LogP contribution in [0.25, 0.3) is 0 Å². The third kappa shape index (κ3) is 4.26. The number of carbonyl (C=O) groups is 2. The van der Waals surface area contributed by atoms with Gasteiger partial charge in [-0.05, 0) is 29.8 Å². The molecule has 0 fully saturated rings. The number of rotatable bonds is 5. The van der Waals surface area contributed by atoms with Crippen LogP contribution < -0.4 is 14.8 Å². The van der Waals surface area contributed by atoms with Crippen LogP contribution in [0.2, 0.25) is 0 Å². The summed E-state index contributed by atoms with van der Waals surface area (Å²) in [6, 6.07) is 12.4. The number of benzene rings is 2. The van der Waals surface area contributed by atoms with Gasteiger partial charge < -0.3 is 19.5 Å². The molecule has 2 aromatic rings. The molecule has 0 saturated heterocycles. The average Bonchev–Trinajstić information content (AvgIpc) is 3.03. The minimum absolute atomic E-state index is 0.116. The summed E-state index contributed by atoms with van der Waals surface area (Å²) in [5.41, 5.74) is 1.37. The highest BCUT2D eigenvalue weighted by Crippen LogP contribution is 2.34. The quantitative estimate of drug-likeness (QED) is 0.793. The summed E-state index contributed by atoms with van der Waals surface area (Å²) in [6.45, 7) is -0.176. The smallest absolute Gasteiger partial charge is 0.310 e. The maximum absolute atomic E-state index is 11.8. The molecule has 0 unspecified atom stereocenters. The molecule has 1 aliphatic rings. The molecule has 1 amide bonds. The molecule has 7 heteroatoms. The summed E-state index contributed by atoms with van der Waals surface area (Å²) in [6.07, 6.45) is 0.116. The lowest BCUT2D eigenvalue weighted by atomic mass is 10.2. The van der Waals surface area contributed by atoms with Gasteiger partial charge in [0.05, 0.1) is 6.42 Å². The Bertz CT molecular complexity index is 760. The molecular weight excluding hydrogens is 378 g/mol. The maximum Gasteiger partial charge on any atom is 0.310 e. The van der Waals surface area contributed by atoms with Gasteiger partial charge in [-0.25, -0.2) is 0 Å². The zero-order valence-corrected chi connectivity index (χ0v) is 14.2. The molecule has 1 heterocycles. The summed E-state index contributed by atoms with van der Waals surface area (Å²) in [5, 5.41) is 2.64. The monoisotopic (exact) mass is 391 g/mol. The standard InChI is InChI=1S/C17H14BrNO5/c18-12-3-1-11(2-4-12)7-17(21)22-9-16(20)19-13-5-6-14-15(8-13)24-10-23-14/h1-6,8H,7,9-10H2,(H,19,20). The van der Waals surface area contributed by atoms with Crippen molar-refractivity contribution in [3.63, 3.8) is 0 Å². The van der Waals surface area contributed by atoms with Crippen LogP contribution in [-0.4, -0.2) is 25.3 Å². The molecule has 6 nitrogen and oxygen atoms in total. The molecule has 0 aromatic heterocycles. The van der Waals surface area contributed by atoms with E-state index in [1.165, 1.54) is 0 Å². The first-order valence-electron chi connectivity index (χ1n) is 7.20. The van der Waals surface area contributed by atoms with E-state index in [4.69, 9.17) is 14.2 Å². The first kappa shape index (κ1) is 16.3. The van der Waals surface area contributed by atoms with Crippen LogP contribution in [0.5, 0.6) is 11.5 Å². The van der Waals surface area contributed by atoms with E-state index in [1.54, 1.807) is 18.2 Å². The molecule has 0 aliphatic carbocycles. The van der Waals surface area contributed by atoms with Gasteiger partial charge in [-0.1, -0.05) is 28.1 Å². The third-order valence-corrected chi connectivity index (χ3v) is 3.81. The number of nitrogens with one attached hydrogen (secondary N) is 1. The van der Waals surface area contributed by atoms with Gasteiger partial charge in [0.15, 0.2) is 18.1 Å². The van der Waals surface area contributed by atoms with Crippen LogP contribution in [-0.2, 0) is 20.7 Å². The Balaban J connectivity index is 1.46. The Hall–Kier alpha value is -2.54. The highest BCUT2D eigenvalue weighted by molar-refractivity contribution is 9.10. The molecule has 0 radical (unpaired) electrons. The largest absolute Gasteiger partial charge is 0.455 e. The van der Waals surface area contributed by atoms with Crippen LogP contribution in [0.4, 0.5) is 5.69 Å². The normalized spacial score (nSPS) is 11.9. The topological polar surface area (TPSA) is 73.9 Å². The summed E-state index contributed by atoms with van der Waals surface area (Å²) < 4.78 is 16.3. The van der Waals surface area contributed by atoms with Crippen molar-refractivity contribution in [2.75, 3.05) is 18.7 Å². The van der Waals surface area contributed by atoms with Gasteiger partial charge in [0.25, 0.3) is 5.91 Å². The lowest BCUT2D eigenvalue weighted by Crippen LogP contribution is -2.21. The number of esters is 1. The predicted molar refractivity (Wildman–Crippen MR) is 90.0 cm³/mol. The Labute approximate surface area is 146 Å². The highest BCUT2D eigenvalue weighted by Gasteiger charge is 2.14. The summed E-state index contributed by atoms with van der Waals surface area (Å²) in [7, 11) is 0. The number of halogens is 1. The lowest BCUT2D eigenvalue weighted by Gasteiger charge is -2.07. The van der Waals surface area contributed by atoms with Crippen molar-refractivity contribution in [3.05, 3.63) is 52.5 Å². The Morgan fingerprint density at radius 2 is 1.83 bits per heavy atom. The van der Waals surface area contributed by atoms with Crippen molar-refractivity contribution >= 4 is 33.5 Å². The first-order valence-corrected chi connectivity index (χ1v) is 7.99. The second-order valence-electron chi connectivity index (χ2n) is 5.08.